The Bertz CT molecular complexity index is 844. The van der Waals surface area contributed by atoms with Gasteiger partial charge in [-0.25, -0.2) is 4.39 Å². The highest BCUT2D eigenvalue weighted by Gasteiger charge is 2.33. The molecule has 0 radical (unpaired) electrons. The van der Waals surface area contributed by atoms with Gasteiger partial charge in [0.1, 0.15) is 11.6 Å². The summed E-state index contributed by atoms with van der Waals surface area (Å²) in [7, 11) is 1.60. The van der Waals surface area contributed by atoms with Gasteiger partial charge in [-0.3, -0.25) is 4.79 Å². The van der Waals surface area contributed by atoms with Gasteiger partial charge >= 0.3 is 0 Å². The molecule has 2 rings (SSSR count). The lowest BCUT2D eigenvalue weighted by atomic mass is 9.73. The molecule has 0 unspecified atom stereocenters. The van der Waals surface area contributed by atoms with Crippen LogP contribution in [0.15, 0.2) is 42.5 Å². The molecule has 0 spiro atoms. The fraction of sp³-hybridized carbons (Fsp3) is 0.458. The number of carbonyl (C=O) groups is 1. The third-order valence-corrected chi connectivity index (χ3v) is 5.50. The first-order chi connectivity index (χ1) is 13.5. The Morgan fingerprint density at radius 3 is 2.34 bits per heavy atom. The second-order valence-corrected chi connectivity index (χ2v) is 8.57. The van der Waals surface area contributed by atoms with Crippen molar-refractivity contribution in [1.29, 1.82) is 0 Å². The van der Waals surface area contributed by atoms with Crippen molar-refractivity contribution >= 4 is 5.91 Å². The first kappa shape index (κ1) is 22.9. The smallest absolute Gasteiger partial charge is 0.252 e. The van der Waals surface area contributed by atoms with Gasteiger partial charge in [0, 0.05) is 5.56 Å². The number of nitrogens with one attached hydrogen (secondary N) is 1. The molecule has 0 aliphatic carbocycles. The van der Waals surface area contributed by atoms with E-state index in [4.69, 9.17) is 4.74 Å². The molecule has 4 nitrogen and oxygen atoms in total. The molecule has 0 heterocycles. The zero-order valence-corrected chi connectivity index (χ0v) is 18.2. The molecule has 158 valence electrons. The molecule has 0 saturated carbocycles. The van der Waals surface area contributed by atoms with Crippen LogP contribution in [0.25, 0.3) is 0 Å². The van der Waals surface area contributed by atoms with E-state index in [2.05, 4.69) is 5.32 Å². The molecular weight excluding hydrogens is 369 g/mol. The van der Waals surface area contributed by atoms with E-state index in [0.717, 1.165) is 11.3 Å². The van der Waals surface area contributed by atoms with Crippen LogP contribution in [0.3, 0.4) is 0 Å². The standard InChI is InChI=1S/C24H32FNO3/c1-7-24(5,28)15-23(3,4)21-13-10-18(25)14-20(21)22(27)26-16(2)17-8-11-19(29-6)12-9-17/h8-14,16,28H,7,15H2,1-6H3,(H,26,27)/t16-,24-/m0/s1. The normalized spacial score (nSPS) is 14.8. The van der Waals surface area contributed by atoms with Crippen LogP contribution in [0, 0.1) is 5.82 Å². The first-order valence-corrected chi connectivity index (χ1v) is 9.96. The highest BCUT2D eigenvalue weighted by Crippen LogP contribution is 2.36. The SMILES string of the molecule is CC[C@](C)(O)CC(C)(C)c1ccc(F)cc1C(=O)N[C@@H](C)c1ccc(OC)cc1. The molecule has 1 amide bonds. The van der Waals surface area contributed by atoms with E-state index in [1.165, 1.54) is 12.1 Å². The highest BCUT2D eigenvalue weighted by molar-refractivity contribution is 5.96. The van der Waals surface area contributed by atoms with E-state index in [0.29, 0.717) is 24.0 Å². The third-order valence-electron chi connectivity index (χ3n) is 5.50. The van der Waals surface area contributed by atoms with Gasteiger partial charge in [-0.05, 0) is 67.5 Å². The van der Waals surface area contributed by atoms with Crippen molar-refractivity contribution in [2.45, 2.75) is 64.5 Å². The predicted molar refractivity (Wildman–Crippen MR) is 114 cm³/mol. The maximum atomic E-state index is 14.0. The van der Waals surface area contributed by atoms with Gasteiger partial charge in [-0.1, -0.05) is 39.0 Å². The number of amides is 1. The number of rotatable bonds is 8. The average molecular weight is 402 g/mol. The molecule has 29 heavy (non-hydrogen) atoms. The number of methoxy groups -OCH3 is 1. The number of ether oxygens (including phenoxy) is 1. The number of hydrogen-bond acceptors (Lipinski definition) is 3. The number of hydrogen-bond donors (Lipinski definition) is 2. The van der Waals surface area contributed by atoms with E-state index in [1.54, 1.807) is 20.1 Å². The van der Waals surface area contributed by atoms with Crippen LogP contribution in [-0.4, -0.2) is 23.7 Å². The Morgan fingerprint density at radius 2 is 1.79 bits per heavy atom. The lowest BCUT2D eigenvalue weighted by Crippen LogP contribution is -2.36. The van der Waals surface area contributed by atoms with Crippen molar-refractivity contribution < 1.29 is 19.0 Å². The zero-order valence-electron chi connectivity index (χ0n) is 18.2. The second kappa shape index (κ2) is 8.95. The molecule has 0 aliphatic rings. The van der Waals surface area contributed by atoms with Gasteiger partial charge in [0.05, 0.1) is 18.8 Å². The molecule has 0 aromatic heterocycles. The number of halogens is 1. The maximum Gasteiger partial charge on any atom is 0.252 e. The van der Waals surface area contributed by atoms with Crippen molar-refractivity contribution in [2.75, 3.05) is 7.11 Å². The van der Waals surface area contributed by atoms with Crippen molar-refractivity contribution in [2.24, 2.45) is 0 Å². The summed E-state index contributed by atoms with van der Waals surface area (Å²) in [6.45, 7) is 9.52. The Labute approximate surface area is 173 Å². The van der Waals surface area contributed by atoms with Crippen LogP contribution in [0.5, 0.6) is 5.75 Å². The molecular formula is C24H32FNO3. The maximum absolute atomic E-state index is 14.0. The lowest BCUT2D eigenvalue weighted by Gasteiger charge is -2.35. The van der Waals surface area contributed by atoms with E-state index in [-0.39, 0.29) is 11.9 Å². The fourth-order valence-electron chi connectivity index (χ4n) is 3.72. The summed E-state index contributed by atoms with van der Waals surface area (Å²) in [5.41, 5.74) is 0.547. The van der Waals surface area contributed by atoms with Crippen LogP contribution >= 0.6 is 0 Å². The molecule has 0 aliphatic heterocycles. The topological polar surface area (TPSA) is 58.6 Å². The molecule has 2 aromatic carbocycles. The van der Waals surface area contributed by atoms with Crippen LogP contribution < -0.4 is 10.1 Å². The quantitative estimate of drug-likeness (QED) is 0.643. The first-order valence-electron chi connectivity index (χ1n) is 9.96. The molecule has 2 atom stereocenters. The van der Waals surface area contributed by atoms with E-state index >= 15 is 0 Å². The van der Waals surface area contributed by atoms with Gasteiger partial charge in [0.15, 0.2) is 0 Å². The number of benzene rings is 2. The summed E-state index contributed by atoms with van der Waals surface area (Å²) in [5.74, 6) is -0.0643. The van der Waals surface area contributed by atoms with Gasteiger partial charge in [0.2, 0.25) is 0 Å². The summed E-state index contributed by atoms with van der Waals surface area (Å²) in [6.07, 6.45) is 1.05. The zero-order chi connectivity index (χ0) is 21.8. The summed E-state index contributed by atoms with van der Waals surface area (Å²) in [4.78, 5) is 13.0. The predicted octanol–water partition coefficient (Wildman–Crippen LogP) is 5.15. The highest BCUT2D eigenvalue weighted by atomic mass is 19.1. The number of carbonyl (C=O) groups excluding carboxylic acids is 1. The van der Waals surface area contributed by atoms with Crippen molar-refractivity contribution in [3.8, 4) is 5.75 Å². The van der Waals surface area contributed by atoms with Crippen LogP contribution in [0.4, 0.5) is 4.39 Å². The molecule has 2 N–H and O–H groups in total. The lowest BCUT2D eigenvalue weighted by molar-refractivity contribution is 0.0274. The number of aliphatic hydroxyl groups is 1. The Morgan fingerprint density at radius 1 is 1.17 bits per heavy atom. The van der Waals surface area contributed by atoms with E-state index < -0.39 is 16.8 Å². The minimum atomic E-state index is -0.873. The summed E-state index contributed by atoms with van der Waals surface area (Å²) < 4.78 is 19.2. The minimum absolute atomic E-state index is 0.258. The summed E-state index contributed by atoms with van der Waals surface area (Å²) in [6, 6.07) is 11.5. The average Bonchev–Trinajstić information content (AvgIpc) is 2.66. The van der Waals surface area contributed by atoms with E-state index in [1.807, 2.05) is 52.0 Å². The molecule has 5 heteroatoms. The Balaban J connectivity index is 2.30. The largest absolute Gasteiger partial charge is 0.497 e. The van der Waals surface area contributed by atoms with Crippen molar-refractivity contribution in [1.82, 2.24) is 5.32 Å². The third kappa shape index (κ3) is 5.80. The van der Waals surface area contributed by atoms with Crippen LogP contribution in [0.2, 0.25) is 0 Å². The van der Waals surface area contributed by atoms with Gasteiger partial charge in [0.25, 0.3) is 5.91 Å². The summed E-state index contributed by atoms with van der Waals surface area (Å²) >= 11 is 0. The monoisotopic (exact) mass is 401 g/mol. The minimum Gasteiger partial charge on any atom is -0.497 e. The fourth-order valence-corrected chi connectivity index (χ4v) is 3.72. The molecule has 0 saturated heterocycles. The Hall–Kier alpha value is -2.40. The Kier molecular flexibility index (Phi) is 7.06. The molecule has 2 aromatic rings. The van der Waals surface area contributed by atoms with Crippen molar-refractivity contribution in [3.63, 3.8) is 0 Å². The molecule has 0 bridgehead atoms. The van der Waals surface area contributed by atoms with Gasteiger partial charge in [-0.15, -0.1) is 0 Å². The van der Waals surface area contributed by atoms with Crippen LogP contribution in [-0.2, 0) is 5.41 Å². The van der Waals surface area contributed by atoms with Gasteiger partial charge < -0.3 is 15.2 Å². The second-order valence-electron chi connectivity index (χ2n) is 8.57. The summed E-state index contributed by atoms with van der Waals surface area (Å²) in [5, 5.41) is 13.5. The van der Waals surface area contributed by atoms with Crippen LogP contribution in [0.1, 0.15) is 75.0 Å². The molecule has 0 fully saturated rings. The van der Waals surface area contributed by atoms with Gasteiger partial charge in [-0.2, -0.15) is 0 Å². The van der Waals surface area contributed by atoms with E-state index in [9.17, 15) is 14.3 Å². The van der Waals surface area contributed by atoms with Crippen molar-refractivity contribution in [3.05, 3.63) is 65.0 Å².